The van der Waals surface area contributed by atoms with Crippen molar-refractivity contribution in [3.8, 4) is 0 Å². The minimum atomic E-state index is -2.78. The first kappa shape index (κ1) is 7.76. The van der Waals surface area contributed by atoms with Crippen LogP contribution in [0.2, 0.25) is 0 Å². The van der Waals surface area contributed by atoms with Gasteiger partial charge in [0.1, 0.15) is 5.78 Å². The SMILES string of the molecule is [2H]C1([2H])C[C@H]2[C@@H]3CC[C@@H]4[C@H](CC([2H])([2H])[C@@]([2H])(O)C4([2H])[2H])C3CC[C@]2(C)C1=O. The van der Waals surface area contributed by atoms with E-state index in [4.69, 9.17) is 9.60 Å². The molecule has 20 heavy (non-hydrogen) atoms. The first-order valence-corrected chi connectivity index (χ1v) is 7.94. The molecule has 2 nitrogen and oxygen atoms in total. The van der Waals surface area contributed by atoms with Gasteiger partial charge in [-0.2, -0.15) is 0 Å². The van der Waals surface area contributed by atoms with Crippen LogP contribution in [0.1, 0.15) is 74.2 Å². The van der Waals surface area contributed by atoms with Gasteiger partial charge >= 0.3 is 0 Å². The number of hydrogen-bond acceptors (Lipinski definition) is 2. The van der Waals surface area contributed by atoms with Gasteiger partial charge in [0, 0.05) is 20.0 Å². The quantitative estimate of drug-likeness (QED) is 0.738. The molecule has 2 heteroatoms. The average Bonchev–Trinajstić information content (AvgIpc) is 2.73. The van der Waals surface area contributed by atoms with E-state index in [-0.39, 0.29) is 42.3 Å². The van der Waals surface area contributed by atoms with Gasteiger partial charge in [0.15, 0.2) is 0 Å². The Morgan fingerprint density at radius 1 is 1.20 bits per heavy atom. The second-order valence-corrected chi connectivity index (χ2v) is 7.32. The highest BCUT2D eigenvalue weighted by atomic mass is 16.3. The van der Waals surface area contributed by atoms with Crippen LogP contribution in [0.4, 0.5) is 0 Å². The van der Waals surface area contributed by atoms with Crippen molar-refractivity contribution in [2.24, 2.45) is 35.0 Å². The van der Waals surface area contributed by atoms with Crippen LogP contribution in [0, 0.1) is 35.0 Å². The van der Waals surface area contributed by atoms with Gasteiger partial charge in [0.2, 0.25) is 0 Å². The lowest BCUT2D eigenvalue weighted by molar-refractivity contribution is -0.133. The molecule has 112 valence electrons. The molecule has 7 atom stereocenters. The molecule has 0 aromatic rings. The van der Waals surface area contributed by atoms with Crippen LogP contribution in [-0.4, -0.2) is 17.0 Å². The lowest BCUT2D eigenvalue weighted by Gasteiger charge is -2.54. The minimum Gasteiger partial charge on any atom is -0.393 e. The highest BCUT2D eigenvalue weighted by Gasteiger charge is 2.56. The normalized spacial score (nSPS) is 71.4. The lowest BCUT2D eigenvalue weighted by atomic mass is 9.50. The molecule has 0 bridgehead atoms. The van der Waals surface area contributed by atoms with E-state index in [1.165, 1.54) is 0 Å². The number of ketones is 1. The van der Waals surface area contributed by atoms with Gasteiger partial charge in [0.25, 0.3) is 0 Å². The summed E-state index contributed by atoms with van der Waals surface area (Å²) in [6.45, 7) is 1.87. The highest BCUT2D eigenvalue weighted by Crippen LogP contribution is 2.61. The number of aliphatic hydroxyl groups is 1. The van der Waals surface area contributed by atoms with Gasteiger partial charge in [-0.05, 0) is 80.9 Å². The second kappa shape index (κ2) is 4.56. The van der Waals surface area contributed by atoms with Gasteiger partial charge < -0.3 is 5.11 Å². The van der Waals surface area contributed by atoms with E-state index in [9.17, 15) is 9.90 Å². The number of Topliss-reactive ketones (excluding diaryl/α,β-unsaturated/α-hetero) is 1. The largest absolute Gasteiger partial charge is 0.393 e. The van der Waals surface area contributed by atoms with Crippen molar-refractivity contribution < 1.29 is 19.5 Å². The summed E-state index contributed by atoms with van der Waals surface area (Å²) in [6.07, 6.45) is -6.84. The maximum Gasteiger partial charge on any atom is 0.139 e. The Balaban J connectivity index is 1.69. The van der Waals surface area contributed by atoms with Crippen LogP contribution in [0.25, 0.3) is 0 Å². The molecule has 0 radical (unpaired) electrons. The Bertz CT molecular complexity index is 677. The summed E-state index contributed by atoms with van der Waals surface area (Å²) in [7, 11) is 0. The Kier molecular flexibility index (Phi) is 1.77. The van der Waals surface area contributed by atoms with E-state index < -0.39 is 36.5 Å². The summed E-state index contributed by atoms with van der Waals surface area (Å²) in [4.78, 5) is 12.7. The van der Waals surface area contributed by atoms with E-state index >= 15 is 0 Å². The predicted octanol–water partition coefficient (Wildman–Crippen LogP) is 3.57. The monoisotopic (exact) mass is 283 g/mol. The smallest absolute Gasteiger partial charge is 0.139 e. The number of rotatable bonds is 0. The van der Waals surface area contributed by atoms with Crippen LogP contribution in [-0.2, 0) is 4.79 Å². The molecule has 0 spiro atoms. The number of carbonyl (C=O) groups excluding carboxylic acids is 1. The van der Waals surface area contributed by atoms with Crippen LogP contribution in [0.3, 0.4) is 0 Å². The van der Waals surface area contributed by atoms with Crippen molar-refractivity contribution in [2.75, 3.05) is 0 Å². The van der Waals surface area contributed by atoms with Crippen LogP contribution in [0.15, 0.2) is 0 Å². The van der Waals surface area contributed by atoms with Crippen LogP contribution >= 0.6 is 0 Å². The Labute approximate surface area is 132 Å². The molecule has 0 heterocycles. The van der Waals surface area contributed by atoms with Crippen LogP contribution in [0.5, 0.6) is 0 Å². The zero-order chi connectivity index (χ0) is 20.2. The summed E-state index contributed by atoms with van der Waals surface area (Å²) in [5, 5.41) is 10.4. The van der Waals surface area contributed by atoms with Crippen molar-refractivity contribution in [1.29, 1.82) is 0 Å². The predicted molar refractivity (Wildman–Crippen MR) is 78.1 cm³/mol. The summed E-state index contributed by atoms with van der Waals surface area (Å²) in [6, 6.07) is 0. The molecule has 0 amide bonds. The molecule has 0 saturated heterocycles. The number of carbonyl (C=O) groups is 1. The van der Waals surface area contributed by atoms with E-state index in [1.807, 2.05) is 6.92 Å². The topological polar surface area (TPSA) is 37.3 Å². The summed E-state index contributed by atoms with van der Waals surface area (Å²) < 4.78 is 57.3. The molecular weight excluding hydrogens is 248 g/mol. The molecule has 0 aromatic heterocycles. The van der Waals surface area contributed by atoms with Crippen molar-refractivity contribution in [3.05, 3.63) is 0 Å². The summed E-state index contributed by atoms with van der Waals surface area (Å²) in [5.41, 5.74) is -0.680. The fourth-order valence-corrected chi connectivity index (χ4v) is 5.45. The molecule has 0 aliphatic heterocycles. The summed E-state index contributed by atoms with van der Waals surface area (Å²) >= 11 is 0. The minimum absolute atomic E-state index is 0.0183. The first-order chi connectivity index (χ1) is 12.2. The molecular formula is C18H28O2. The molecule has 0 aromatic carbocycles. The van der Waals surface area contributed by atoms with Crippen molar-refractivity contribution in [3.63, 3.8) is 0 Å². The zero-order valence-electron chi connectivity index (χ0n) is 19.0. The first-order valence-electron chi connectivity index (χ1n) is 11.4. The standard InChI is InChI=1S/C18H28O2/c1-18-9-8-14-13-5-3-12(19)10-11(13)2-4-15(14)16(18)6-7-17(18)20/h11-16,19H,2-10H2,1H3/t11-,12+,13-,14?,15+,16-,18-/m0/s1/i3D2,7D2,10D2,12D. The van der Waals surface area contributed by atoms with Crippen molar-refractivity contribution in [1.82, 2.24) is 0 Å². The Morgan fingerprint density at radius 2 is 2.05 bits per heavy atom. The molecule has 4 fully saturated rings. The second-order valence-electron chi connectivity index (χ2n) is 7.32. The molecule has 4 aliphatic rings. The van der Waals surface area contributed by atoms with Gasteiger partial charge in [-0.25, -0.2) is 0 Å². The van der Waals surface area contributed by atoms with Crippen molar-refractivity contribution in [2.45, 2.75) is 70.6 Å². The average molecular weight is 283 g/mol. The molecule has 4 rings (SSSR count). The number of fused-ring (bicyclic) bond motifs is 5. The van der Waals surface area contributed by atoms with E-state index in [1.54, 1.807) is 0 Å². The van der Waals surface area contributed by atoms with E-state index in [0.717, 1.165) is 0 Å². The van der Waals surface area contributed by atoms with E-state index in [0.29, 0.717) is 25.7 Å². The Hall–Kier alpha value is -0.370. The van der Waals surface area contributed by atoms with Crippen molar-refractivity contribution >= 4 is 5.78 Å². The fourth-order valence-electron chi connectivity index (χ4n) is 5.45. The maximum atomic E-state index is 12.7. The van der Waals surface area contributed by atoms with E-state index in [2.05, 4.69) is 0 Å². The molecule has 4 aliphatic carbocycles. The third kappa shape index (κ3) is 1.76. The fraction of sp³-hybridized carbons (Fsp3) is 0.944. The maximum absolute atomic E-state index is 12.7. The third-order valence-corrected chi connectivity index (χ3v) is 6.59. The number of hydrogen-bond donors (Lipinski definition) is 1. The summed E-state index contributed by atoms with van der Waals surface area (Å²) in [5.74, 6) is -1.17. The molecule has 4 saturated carbocycles. The lowest BCUT2D eigenvalue weighted by Crippen LogP contribution is -2.49. The molecule has 1 unspecified atom stereocenters. The Morgan fingerprint density at radius 3 is 2.90 bits per heavy atom. The van der Waals surface area contributed by atoms with Gasteiger partial charge in [-0.1, -0.05) is 6.92 Å². The third-order valence-electron chi connectivity index (χ3n) is 6.59. The zero-order valence-corrected chi connectivity index (χ0v) is 12.0. The highest BCUT2D eigenvalue weighted by molar-refractivity contribution is 5.87. The van der Waals surface area contributed by atoms with Gasteiger partial charge in [0.05, 0.1) is 7.45 Å². The van der Waals surface area contributed by atoms with Crippen LogP contribution < -0.4 is 0 Å². The van der Waals surface area contributed by atoms with Gasteiger partial charge in [-0.15, -0.1) is 0 Å². The van der Waals surface area contributed by atoms with Gasteiger partial charge in [-0.3, -0.25) is 4.79 Å². The molecule has 1 N–H and O–H groups in total.